The van der Waals surface area contributed by atoms with Gasteiger partial charge in [-0.25, -0.2) is 0 Å². The molecule has 1 aromatic heterocycles. The molecule has 0 aliphatic carbocycles. The summed E-state index contributed by atoms with van der Waals surface area (Å²) in [5.74, 6) is 2.79. The highest BCUT2D eigenvalue weighted by atomic mass is 32.2. The maximum atomic E-state index is 12.3. The summed E-state index contributed by atoms with van der Waals surface area (Å²) in [7, 11) is 0. The molecule has 3 nitrogen and oxygen atoms in total. The molecule has 1 heterocycles. The van der Waals surface area contributed by atoms with Gasteiger partial charge in [0.25, 0.3) is 0 Å². The van der Waals surface area contributed by atoms with E-state index in [2.05, 4.69) is 10.1 Å². The van der Waals surface area contributed by atoms with Crippen molar-refractivity contribution in [2.75, 3.05) is 6.26 Å². The van der Waals surface area contributed by atoms with Crippen molar-refractivity contribution in [3.8, 4) is 5.75 Å². The van der Waals surface area contributed by atoms with E-state index in [4.69, 9.17) is 4.42 Å². The minimum atomic E-state index is -2.81. The number of benzene rings is 1. The van der Waals surface area contributed by atoms with Gasteiger partial charge in [-0.3, -0.25) is 0 Å². The fraction of sp³-hybridized carbons (Fsp3) is 0.333. The van der Waals surface area contributed by atoms with Crippen LogP contribution in [0.1, 0.15) is 17.1 Å². The van der Waals surface area contributed by atoms with Gasteiger partial charge in [-0.2, -0.15) is 20.5 Å². The number of alkyl halides is 2. The number of para-hydroxylation sites is 1. The molecule has 0 aliphatic rings. The van der Waals surface area contributed by atoms with Crippen molar-refractivity contribution < 1.29 is 17.9 Å². The van der Waals surface area contributed by atoms with E-state index in [1.807, 2.05) is 18.4 Å². The first-order valence-corrected chi connectivity index (χ1v) is 7.88. The molecular formula is C15H17F2NO2S. The van der Waals surface area contributed by atoms with Crippen molar-refractivity contribution in [2.45, 2.75) is 25.5 Å². The highest BCUT2D eigenvalue weighted by Crippen LogP contribution is 2.20. The largest absolute Gasteiger partial charge is 0.464 e. The van der Waals surface area contributed by atoms with Crippen LogP contribution in [-0.2, 0) is 18.8 Å². The quantitative estimate of drug-likeness (QED) is 0.798. The van der Waals surface area contributed by atoms with Crippen molar-refractivity contribution >= 4 is 11.8 Å². The summed E-state index contributed by atoms with van der Waals surface area (Å²) in [6.45, 7) is -1.84. The van der Waals surface area contributed by atoms with Gasteiger partial charge in [-0.15, -0.1) is 0 Å². The van der Waals surface area contributed by atoms with Gasteiger partial charge >= 0.3 is 6.61 Å². The molecule has 0 aliphatic heterocycles. The van der Waals surface area contributed by atoms with E-state index in [0.29, 0.717) is 18.7 Å². The summed E-state index contributed by atoms with van der Waals surface area (Å²) in [6, 6.07) is 10.6. The van der Waals surface area contributed by atoms with Gasteiger partial charge in [-0.05, 0) is 24.5 Å². The minimum absolute atomic E-state index is 0.197. The first kappa shape index (κ1) is 15.9. The molecule has 0 radical (unpaired) electrons. The topological polar surface area (TPSA) is 34.4 Å². The number of nitrogens with one attached hydrogen (secondary N) is 1. The van der Waals surface area contributed by atoms with Crippen LogP contribution >= 0.6 is 11.8 Å². The second-order valence-corrected chi connectivity index (χ2v) is 5.26. The molecule has 0 atom stereocenters. The Labute approximate surface area is 126 Å². The molecule has 2 aromatic rings. The summed E-state index contributed by atoms with van der Waals surface area (Å²) in [4.78, 5) is 0. The Balaban J connectivity index is 1.87. The molecule has 0 saturated heterocycles. The van der Waals surface area contributed by atoms with Crippen LogP contribution in [0.25, 0.3) is 0 Å². The maximum absolute atomic E-state index is 12.3. The lowest BCUT2D eigenvalue weighted by Crippen LogP contribution is -2.14. The number of hydrogen-bond acceptors (Lipinski definition) is 4. The normalized spacial score (nSPS) is 11.0. The third-order valence-corrected chi connectivity index (χ3v) is 3.38. The fourth-order valence-corrected chi connectivity index (χ4v) is 2.36. The zero-order valence-electron chi connectivity index (χ0n) is 11.6. The molecule has 1 aromatic carbocycles. The van der Waals surface area contributed by atoms with Crippen LogP contribution in [0.3, 0.4) is 0 Å². The van der Waals surface area contributed by atoms with E-state index in [1.54, 1.807) is 30.0 Å². The number of rotatable bonds is 8. The maximum Gasteiger partial charge on any atom is 0.387 e. The molecule has 0 bridgehead atoms. The van der Waals surface area contributed by atoms with Gasteiger partial charge in [0.2, 0.25) is 0 Å². The molecule has 0 unspecified atom stereocenters. The van der Waals surface area contributed by atoms with Gasteiger partial charge in [-0.1, -0.05) is 18.2 Å². The summed E-state index contributed by atoms with van der Waals surface area (Å²) < 4.78 is 34.7. The van der Waals surface area contributed by atoms with Crippen molar-refractivity contribution in [1.29, 1.82) is 0 Å². The SMILES string of the molecule is CSCc1ccc(CNCc2ccccc2OC(F)F)o1. The van der Waals surface area contributed by atoms with Crippen molar-refractivity contribution in [1.82, 2.24) is 5.32 Å². The molecule has 2 rings (SSSR count). The zero-order chi connectivity index (χ0) is 15.1. The van der Waals surface area contributed by atoms with E-state index >= 15 is 0 Å². The number of ether oxygens (including phenoxy) is 1. The molecule has 0 fully saturated rings. The lowest BCUT2D eigenvalue weighted by molar-refractivity contribution is -0.0505. The lowest BCUT2D eigenvalue weighted by Gasteiger charge is -2.10. The number of halogens is 2. The van der Waals surface area contributed by atoms with Gasteiger partial charge in [0.15, 0.2) is 0 Å². The Bertz CT molecular complexity index is 560. The minimum Gasteiger partial charge on any atom is -0.464 e. The molecular weight excluding hydrogens is 296 g/mol. The van der Waals surface area contributed by atoms with Crippen LogP contribution in [-0.4, -0.2) is 12.9 Å². The van der Waals surface area contributed by atoms with Gasteiger partial charge in [0.1, 0.15) is 17.3 Å². The third kappa shape index (κ3) is 5.06. The standard InChI is InChI=1S/C15H17F2NO2S/c1-21-10-13-7-6-12(19-13)9-18-8-11-4-2-3-5-14(11)20-15(16)17/h2-7,15,18H,8-10H2,1H3. The van der Waals surface area contributed by atoms with E-state index in [9.17, 15) is 8.78 Å². The molecule has 0 amide bonds. The Morgan fingerprint density at radius 3 is 2.67 bits per heavy atom. The predicted molar refractivity (Wildman–Crippen MR) is 79.5 cm³/mol. The van der Waals surface area contributed by atoms with Crippen LogP contribution in [0.4, 0.5) is 8.78 Å². The van der Waals surface area contributed by atoms with E-state index in [1.165, 1.54) is 6.07 Å². The summed E-state index contributed by atoms with van der Waals surface area (Å²) in [6.07, 6.45) is 2.01. The highest BCUT2D eigenvalue weighted by molar-refractivity contribution is 7.97. The van der Waals surface area contributed by atoms with E-state index < -0.39 is 6.61 Å². The van der Waals surface area contributed by atoms with Gasteiger partial charge in [0.05, 0.1) is 12.3 Å². The van der Waals surface area contributed by atoms with Crippen molar-refractivity contribution in [3.05, 3.63) is 53.5 Å². The Hall–Kier alpha value is -1.53. The molecule has 6 heteroatoms. The molecule has 0 spiro atoms. The molecule has 1 N–H and O–H groups in total. The number of hydrogen-bond donors (Lipinski definition) is 1. The second kappa shape index (κ2) is 8.05. The van der Waals surface area contributed by atoms with Crippen LogP contribution < -0.4 is 10.1 Å². The third-order valence-electron chi connectivity index (χ3n) is 2.81. The summed E-state index contributed by atoms with van der Waals surface area (Å²) in [5.41, 5.74) is 0.689. The van der Waals surface area contributed by atoms with Crippen LogP contribution in [0.2, 0.25) is 0 Å². The first-order chi connectivity index (χ1) is 10.2. The fourth-order valence-electron chi connectivity index (χ4n) is 1.92. The number of furan rings is 1. The van der Waals surface area contributed by atoms with Crippen molar-refractivity contribution in [2.24, 2.45) is 0 Å². The van der Waals surface area contributed by atoms with E-state index in [-0.39, 0.29) is 5.75 Å². The van der Waals surface area contributed by atoms with Crippen molar-refractivity contribution in [3.63, 3.8) is 0 Å². The number of thioether (sulfide) groups is 1. The average Bonchev–Trinajstić information content (AvgIpc) is 2.88. The summed E-state index contributed by atoms with van der Waals surface area (Å²) in [5, 5.41) is 3.16. The average molecular weight is 313 g/mol. The Morgan fingerprint density at radius 2 is 1.90 bits per heavy atom. The molecule has 114 valence electrons. The Morgan fingerprint density at radius 1 is 1.14 bits per heavy atom. The van der Waals surface area contributed by atoms with Crippen LogP contribution in [0, 0.1) is 0 Å². The second-order valence-electron chi connectivity index (χ2n) is 4.39. The smallest absolute Gasteiger partial charge is 0.387 e. The van der Waals surface area contributed by atoms with Gasteiger partial charge < -0.3 is 14.5 Å². The predicted octanol–water partition coefficient (Wildman–Crippen LogP) is 4.03. The van der Waals surface area contributed by atoms with Gasteiger partial charge in [0, 0.05) is 12.1 Å². The monoisotopic (exact) mass is 313 g/mol. The lowest BCUT2D eigenvalue weighted by atomic mass is 10.2. The van der Waals surface area contributed by atoms with Crippen LogP contribution in [0.15, 0.2) is 40.8 Å². The molecule has 0 saturated carbocycles. The first-order valence-electron chi connectivity index (χ1n) is 6.49. The Kier molecular flexibility index (Phi) is 6.07. The zero-order valence-corrected chi connectivity index (χ0v) is 12.5. The van der Waals surface area contributed by atoms with Crippen LogP contribution in [0.5, 0.6) is 5.75 Å². The van der Waals surface area contributed by atoms with E-state index in [0.717, 1.165) is 17.3 Å². The highest BCUT2D eigenvalue weighted by Gasteiger charge is 2.09. The summed E-state index contributed by atoms with van der Waals surface area (Å²) >= 11 is 1.69. The molecule has 21 heavy (non-hydrogen) atoms.